The van der Waals surface area contributed by atoms with E-state index < -0.39 is 29.4 Å². The Hall–Kier alpha value is -3.56. The van der Waals surface area contributed by atoms with Gasteiger partial charge in [-0.3, -0.25) is 4.79 Å². The molecule has 2 aromatic rings. The van der Waals surface area contributed by atoms with E-state index in [2.05, 4.69) is 16.0 Å². The second-order valence-corrected chi connectivity index (χ2v) is 9.20. The summed E-state index contributed by atoms with van der Waals surface area (Å²) in [5, 5.41) is 8.26. The van der Waals surface area contributed by atoms with Crippen LogP contribution in [-0.2, 0) is 4.74 Å². The predicted molar refractivity (Wildman–Crippen MR) is 127 cm³/mol. The summed E-state index contributed by atoms with van der Waals surface area (Å²) in [5.74, 6) is -0.821. The van der Waals surface area contributed by atoms with E-state index in [1.165, 1.54) is 12.1 Å². The van der Waals surface area contributed by atoms with Crippen LogP contribution >= 0.6 is 0 Å². The van der Waals surface area contributed by atoms with E-state index >= 15 is 0 Å². The van der Waals surface area contributed by atoms with Crippen molar-refractivity contribution in [3.63, 3.8) is 0 Å². The van der Waals surface area contributed by atoms with Gasteiger partial charge in [0.25, 0.3) is 5.91 Å². The number of nitrogens with zero attached hydrogens (tertiary/aromatic N) is 2. The number of hydrogen-bond donors (Lipinski definition) is 3. The van der Waals surface area contributed by atoms with Crippen molar-refractivity contribution >= 4 is 23.7 Å². The number of piperidine rings is 1. The molecule has 1 aliphatic heterocycles. The van der Waals surface area contributed by atoms with Crippen LogP contribution in [0.4, 0.5) is 19.7 Å². The third-order valence-electron chi connectivity index (χ3n) is 5.17. The lowest BCUT2D eigenvalue weighted by molar-refractivity contribution is 0.0185. The summed E-state index contributed by atoms with van der Waals surface area (Å²) in [5.41, 5.74) is 0.413. The summed E-state index contributed by atoms with van der Waals surface area (Å²) in [6.07, 6.45) is 4.11. The highest BCUT2D eigenvalue weighted by Crippen LogP contribution is 2.23. The molecule has 4 amide bonds. The van der Waals surface area contributed by atoms with Crippen molar-refractivity contribution in [2.24, 2.45) is 0 Å². The van der Waals surface area contributed by atoms with E-state index in [1.807, 2.05) is 0 Å². The summed E-state index contributed by atoms with van der Waals surface area (Å²) < 4.78 is 20.8. The van der Waals surface area contributed by atoms with E-state index in [1.54, 1.807) is 61.7 Å². The standard InChI is InChI=1S/C24H32FN5O4/c1-5-26-22(32)28-20-15-30(18-10-6-8-16(25)12-18)14-19(20)21(31)27-17-9-7-11-29(13-17)23(33)34-24(2,3)4/h6,8,10,12,14-15,17H,5,7,9,11,13H2,1-4H3,(H,27,31)(H2,26,28,32). The normalized spacial score (nSPS) is 16.0. The number of anilines is 1. The number of carbonyl (C=O) groups is 3. The molecule has 2 heterocycles. The number of hydrogen-bond acceptors (Lipinski definition) is 4. The fourth-order valence-electron chi connectivity index (χ4n) is 3.70. The molecule has 3 N–H and O–H groups in total. The summed E-state index contributed by atoms with van der Waals surface area (Å²) in [4.78, 5) is 39.3. The number of amides is 4. The average molecular weight is 474 g/mol. The molecule has 10 heteroatoms. The molecule has 0 bridgehead atoms. The molecule has 1 saturated heterocycles. The first-order valence-electron chi connectivity index (χ1n) is 11.4. The van der Waals surface area contributed by atoms with Gasteiger partial charge in [0.05, 0.1) is 11.3 Å². The number of rotatable bonds is 5. The SMILES string of the molecule is CCNC(=O)Nc1cn(-c2cccc(F)c2)cc1C(=O)NC1CCCN(C(=O)OC(C)(C)C)C1. The first-order valence-corrected chi connectivity index (χ1v) is 11.4. The number of ether oxygens (including phenoxy) is 1. The Morgan fingerprint density at radius 1 is 1.21 bits per heavy atom. The topological polar surface area (TPSA) is 105 Å². The second-order valence-electron chi connectivity index (χ2n) is 9.20. The zero-order chi connectivity index (χ0) is 24.9. The number of likely N-dealkylation sites (tertiary alicyclic amines) is 1. The molecule has 1 aliphatic rings. The Morgan fingerprint density at radius 3 is 2.65 bits per heavy atom. The van der Waals surface area contributed by atoms with Gasteiger partial charge in [-0.25, -0.2) is 14.0 Å². The second kappa shape index (κ2) is 10.6. The van der Waals surface area contributed by atoms with Crippen LogP contribution in [0.1, 0.15) is 50.9 Å². The van der Waals surface area contributed by atoms with Gasteiger partial charge in [-0.15, -0.1) is 0 Å². The van der Waals surface area contributed by atoms with Crippen molar-refractivity contribution in [3.8, 4) is 5.69 Å². The van der Waals surface area contributed by atoms with E-state index in [0.717, 1.165) is 6.42 Å². The van der Waals surface area contributed by atoms with Crippen LogP contribution in [0.15, 0.2) is 36.7 Å². The first-order chi connectivity index (χ1) is 16.1. The summed E-state index contributed by atoms with van der Waals surface area (Å²) >= 11 is 0. The van der Waals surface area contributed by atoms with Gasteiger partial charge in [0, 0.05) is 43.8 Å². The molecular formula is C24H32FN5O4. The minimum atomic E-state index is -0.604. The maximum Gasteiger partial charge on any atom is 0.410 e. The van der Waals surface area contributed by atoms with Gasteiger partial charge in [-0.05, 0) is 58.7 Å². The summed E-state index contributed by atoms with van der Waals surface area (Å²) in [7, 11) is 0. The zero-order valence-corrected chi connectivity index (χ0v) is 20.0. The third kappa shape index (κ3) is 6.72. The van der Waals surface area contributed by atoms with Crippen molar-refractivity contribution in [3.05, 3.63) is 48.0 Å². The van der Waals surface area contributed by atoms with E-state index in [4.69, 9.17) is 4.74 Å². The van der Waals surface area contributed by atoms with Crippen LogP contribution in [0.5, 0.6) is 0 Å². The number of urea groups is 1. The summed E-state index contributed by atoms with van der Waals surface area (Å²) in [6.45, 7) is 8.50. The maximum absolute atomic E-state index is 13.7. The highest BCUT2D eigenvalue weighted by atomic mass is 19.1. The average Bonchev–Trinajstić information content (AvgIpc) is 3.17. The van der Waals surface area contributed by atoms with Gasteiger partial charge in [0.2, 0.25) is 0 Å². The molecule has 9 nitrogen and oxygen atoms in total. The van der Waals surface area contributed by atoms with Crippen molar-refractivity contribution in [2.75, 3.05) is 25.0 Å². The molecule has 184 valence electrons. The number of benzene rings is 1. The fourth-order valence-corrected chi connectivity index (χ4v) is 3.70. The number of aromatic nitrogens is 1. The molecule has 0 saturated carbocycles. The molecule has 1 fully saturated rings. The predicted octanol–water partition coefficient (Wildman–Crippen LogP) is 3.89. The van der Waals surface area contributed by atoms with Crippen LogP contribution in [0.3, 0.4) is 0 Å². The highest BCUT2D eigenvalue weighted by Gasteiger charge is 2.29. The van der Waals surface area contributed by atoms with Gasteiger partial charge in [0.15, 0.2) is 0 Å². The third-order valence-corrected chi connectivity index (χ3v) is 5.17. The van der Waals surface area contributed by atoms with Gasteiger partial charge < -0.3 is 30.2 Å². The lowest BCUT2D eigenvalue weighted by Crippen LogP contribution is -2.50. The number of nitrogens with one attached hydrogen (secondary N) is 3. The molecule has 34 heavy (non-hydrogen) atoms. The molecule has 1 aromatic carbocycles. The largest absolute Gasteiger partial charge is 0.444 e. The zero-order valence-electron chi connectivity index (χ0n) is 20.0. The molecule has 1 atom stereocenters. The molecule has 3 rings (SSSR count). The Bertz CT molecular complexity index is 1050. The van der Waals surface area contributed by atoms with Crippen LogP contribution in [0, 0.1) is 5.82 Å². The van der Waals surface area contributed by atoms with Crippen molar-refractivity contribution < 1.29 is 23.5 Å². The smallest absolute Gasteiger partial charge is 0.410 e. The minimum absolute atomic E-state index is 0.227. The molecule has 0 spiro atoms. The molecular weight excluding hydrogens is 441 g/mol. The Morgan fingerprint density at radius 2 is 1.97 bits per heavy atom. The molecule has 1 aromatic heterocycles. The van der Waals surface area contributed by atoms with Gasteiger partial charge in [-0.1, -0.05) is 6.07 Å². The Kier molecular flexibility index (Phi) is 7.80. The van der Waals surface area contributed by atoms with Gasteiger partial charge in [0.1, 0.15) is 11.4 Å². The Balaban J connectivity index is 1.78. The summed E-state index contributed by atoms with van der Waals surface area (Å²) in [6, 6.07) is 5.19. The van der Waals surface area contributed by atoms with Crippen LogP contribution < -0.4 is 16.0 Å². The monoisotopic (exact) mass is 473 g/mol. The van der Waals surface area contributed by atoms with Crippen LogP contribution in [0.25, 0.3) is 5.69 Å². The van der Waals surface area contributed by atoms with Crippen molar-refractivity contribution in [2.45, 2.75) is 52.2 Å². The minimum Gasteiger partial charge on any atom is -0.444 e. The Labute approximate surface area is 198 Å². The van der Waals surface area contributed by atoms with E-state index in [0.29, 0.717) is 31.7 Å². The maximum atomic E-state index is 13.7. The lowest BCUT2D eigenvalue weighted by Gasteiger charge is -2.34. The first kappa shape index (κ1) is 25.1. The number of halogens is 1. The number of carbonyl (C=O) groups excluding carboxylic acids is 3. The van der Waals surface area contributed by atoms with Crippen molar-refractivity contribution in [1.82, 2.24) is 20.1 Å². The fraction of sp³-hybridized carbons (Fsp3) is 0.458. The highest BCUT2D eigenvalue weighted by molar-refractivity contribution is 6.03. The van der Waals surface area contributed by atoms with E-state index in [-0.39, 0.29) is 17.3 Å². The molecule has 1 unspecified atom stereocenters. The van der Waals surface area contributed by atoms with Crippen molar-refractivity contribution in [1.29, 1.82) is 0 Å². The quantitative estimate of drug-likeness (QED) is 0.613. The van der Waals surface area contributed by atoms with E-state index in [9.17, 15) is 18.8 Å². The van der Waals surface area contributed by atoms with Gasteiger partial charge >= 0.3 is 12.1 Å². The lowest BCUT2D eigenvalue weighted by atomic mass is 10.1. The molecule has 0 radical (unpaired) electrons. The van der Waals surface area contributed by atoms with Gasteiger partial charge in [-0.2, -0.15) is 0 Å². The molecule has 0 aliphatic carbocycles. The van der Waals surface area contributed by atoms with Crippen LogP contribution in [0.2, 0.25) is 0 Å². The van der Waals surface area contributed by atoms with Crippen LogP contribution in [-0.4, -0.2) is 58.8 Å².